The Bertz CT molecular complexity index is 118. The number of nitrogens with two attached hydrogens (primary N) is 1. The maximum Gasteiger partial charge on any atom is 0.430 e. The van der Waals surface area contributed by atoms with Crippen molar-refractivity contribution in [3.05, 3.63) is 0 Å². The number of rotatable bonds is 1. The summed E-state index contributed by atoms with van der Waals surface area (Å²) in [6.45, 7) is 1.46. The molecule has 0 saturated carbocycles. The first-order valence-electron chi connectivity index (χ1n) is 1.79. The first-order valence-corrected chi connectivity index (χ1v) is 2.17. The fourth-order valence-electron chi connectivity index (χ4n) is 0.108. The van der Waals surface area contributed by atoms with Crippen molar-refractivity contribution in [1.29, 1.82) is 0 Å². The predicted molar refractivity (Wildman–Crippen MR) is 29.6 cm³/mol. The zero-order valence-electron chi connectivity index (χ0n) is 4.22. The van der Waals surface area contributed by atoms with Crippen LogP contribution in [0.25, 0.3) is 0 Å². The highest BCUT2D eigenvalue weighted by Gasteiger charge is 1.88. The average molecular weight is 137 g/mol. The summed E-state index contributed by atoms with van der Waals surface area (Å²) in [5.74, 6) is 0. The third-order valence-electron chi connectivity index (χ3n) is 0.261. The molecule has 0 rings (SSSR count). The van der Waals surface area contributed by atoms with Crippen molar-refractivity contribution >= 4 is 22.9 Å². The Morgan fingerprint density at radius 3 is 2.50 bits per heavy atom. The lowest BCUT2D eigenvalue weighted by Gasteiger charge is -1.86. The zero-order chi connectivity index (χ0) is 6.57. The van der Waals surface area contributed by atoms with Gasteiger partial charge in [-0.1, -0.05) is 16.8 Å². The summed E-state index contributed by atoms with van der Waals surface area (Å²) in [7, 11) is 0. The molecule has 0 radical (unpaired) electrons. The summed E-state index contributed by atoms with van der Waals surface area (Å²) < 4.78 is 0. The molecule has 0 spiro atoms. The van der Waals surface area contributed by atoms with Gasteiger partial charge < -0.3 is 5.73 Å². The lowest BCUT2D eigenvalue weighted by atomic mass is 10.9. The molecule has 0 atom stereocenters. The van der Waals surface area contributed by atoms with Gasteiger partial charge in [0.25, 0.3) is 0 Å². The normalized spacial score (nSPS) is 11.0. The maximum absolute atomic E-state index is 9.74. The lowest BCUT2D eigenvalue weighted by molar-refractivity contribution is 0.162. The fourth-order valence-corrected chi connectivity index (χ4v) is 0.142. The van der Waals surface area contributed by atoms with E-state index >= 15 is 0 Å². The highest BCUT2D eigenvalue weighted by molar-refractivity contribution is 6.64. The van der Waals surface area contributed by atoms with Crippen LogP contribution in [0.3, 0.4) is 0 Å². The summed E-state index contributed by atoms with van der Waals surface area (Å²) in [5.41, 5.74) is 4.51. The number of hydrogen-bond donors (Lipinski definition) is 1. The molecule has 0 unspecified atom stereocenters. The number of hydrogen-bond acceptors (Lipinski definition) is 3. The number of oxime groups is 1. The van der Waals surface area contributed by atoms with Gasteiger partial charge in [-0.2, -0.15) is 0 Å². The van der Waals surface area contributed by atoms with Gasteiger partial charge in [0.15, 0.2) is 0 Å². The number of carbonyl (C=O) groups is 1. The van der Waals surface area contributed by atoms with Gasteiger partial charge in [-0.25, -0.2) is 4.79 Å². The Labute approximate surface area is 51.2 Å². The van der Waals surface area contributed by atoms with Crippen LogP contribution in [0.1, 0.15) is 6.92 Å². The van der Waals surface area contributed by atoms with Crippen molar-refractivity contribution in [2.45, 2.75) is 6.92 Å². The molecule has 0 fully saturated rings. The lowest BCUT2D eigenvalue weighted by Crippen LogP contribution is -2.09. The van der Waals surface area contributed by atoms with E-state index in [-0.39, 0.29) is 5.17 Å². The van der Waals surface area contributed by atoms with E-state index in [1.807, 2.05) is 0 Å². The van der Waals surface area contributed by atoms with Gasteiger partial charge in [0, 0.05) is 0 Å². The van der Waals surface area contributed by atoms with E-state index in [0.29, 0.717) is 0 Å². The van der Waals surface area contributed by atoms with Gasteiger partial charge in [-0.05, 0) is 6.92 Å². The molecule has 4 nitrogen and oxygen atoms in total. The molecule has 0 aromatic heterocycles. The Morgan fingerprint density at radius 2 is 2.38 bits per heavy atom. The SMILES string of the molecule is C/C(Cl)=N/OC(N)=O. The highest BCUT2D eigenvalue weighted by Crippen LogP contribution is 1.83. The van der Waals surface area contributed by atoms with Crippen LogP contribution < -0.4 is 5.73 Å². The molecule has 0 heterocycles. The van der Waals surface area contributed by atoms with Gasteiger partial charge in [0.05, 0.1) is 0 Å². The van der Waals surface area contributed by atoms with Crippen LogP contribution in [-0.4, -0.2) is 11.3 Å². The Morgan fingerprint density at radius 1 is 1.88 bits per heavy atom. The molecule has 0 aliphatic heterocycles. The van der Waals surface area contributed by atoms with Crippen molar-refractivity contribution in [2.24, 2.45) is 10.9 Å². The predicted octanol–water partition coefficient (Wildman–Crippen LogP) is 0.654. The van der Waals surface area contributed by atoms with Crippen molar-refractivity contribution in [3.63, 3.8) is 0 Å². The maximum atomic E-state index is 9.74. The standard InChI is InChI=1S/C3H5ClN2O2/c1-2(4)6-8-3(5)7/h1H3,(H2,5,7)/b6-2-. The minimum absolute atomic E-state index is 0.129. The quantitative estimate of drug-likeness (QED) is 0.327. The Balaban J connectivity index is 3.45. The molecule has 5 heteroatoms. The fraction of sp³-hybridized carbons (Fsp3) is 0.333. The number of carbonyl (C=O) groups excluding carboxylic acids is 1. The molecule has 0 aromatic carbocycles. The molecule has 0 bridgehead atoms. The summed E-state index contributed by atoms with van der Waals surface area (Å²) >= 11 is 5.14. The van der Waals surface area contributed by atoms with Crippen LogP contribution >= 0.6 is 11.6 Å². The van der Waals surface area contributed by atoms with Crippen molar-refractivity contribution < 1.29 is 9.63 Å². The van der Waals surface area contributed by atoms with Gasteiger partial charge >= 0.3 is 6.09 Å². The molecule has 8 heavy (non-hydrogen) atoms. The largest absolute Gasteiger partial charge is 0.430 e. The molecule has 0 saturated heterocycles. The van der Waals surface area contributed by atoms with E-state index in [1.54, 1.807) is 0 Å². The topological polar surface area (TPSA) is 64.7 Å². The number of primary amides is 1. The molecule has 0 aliphatic carbocycles. The van der Waals surface area contributed by atoms with E-state index in [1.165, 1.54) is 6.92 Å². The molecular formula is C3H5ClN2O2. The van der Waals surface area contributed by atoms with Crippen molar-refractivity contribution in [3.8, 4) is 0 Å². The van der Waals surface area contributed by atoms with Crippen LogP contribution in [0.4, 0.5) is 4.79 Å². The van der Waals surface area contributed by atoms with Crippen LogP contribution in [0.5, 0.6) is 0 Å². The van der Waals surface area contributed by atoms with E-state index in [2.05, 4.69) is 15.7 Å². The van der Waals surface area contributed by atoms with Crippen LogP contribution in [-0.2, 0) is 4.84 Å². The second-order valence-electron chi connectivity index (χ2n) is 0.999. The minimum Gasteiger partial charge on any atom is -0.333 e. The van der Waals surface area contributed by atoms with Gasteiger partial charge in [0.1, 0.15) is 5.17 Å². The summed E-state index contributed by atoms with van der Waals surface area (Å²) in [6.07, 6.45) is -0.968. The van der Waals surface area contributed by atoms with Crippen LogP contribution in [0, 0.1) is 0 Å². The Hall–Kier alpha value is -0.770. The van der Waals surface area contributed by atoms with Crippen molar-refractivity contribution in [2.75, 3.05) is 0 Å². The second-order valence-corrected chi connectivity index (χ2v) is 1.55. The smallest absolute Gasteiger partial charge is 0.333 e. The van der Waals surface area contributed by atoms with Crippen molar-refractivity contribution in [1.82, 2.24) is 0 Å². The molecular weight excluding hydrogens is 131 g/mol. The molecule has 2 N–H and O–H groups in total. The minimum atomic E-state index is -0.968. The molecule has 46 valence electrons. The molecule has 1 amide bonds. The van der Waals surface area contributed by atoms with Gasteiger partial charge in [-0.3, -0.25) is 4.84 Å². The van der Waals surface area contributed by atoms with Crippen LogP contribution in [0.15, 0.2) is 5.16 Å². The second kappa shape index (κ2) is 3.26. The zero-order valence-corrected chi connectivity index (χ0v) is 4.97. The first kappa shape index (κ1) is 7.23. The average Bonchev–Trinajstić information content (AvgIpc) is 1.61. The monoisotopic (exact) mass is 136 g/mol. The van der Waals surface area contributed by atoms with E-state index in [0.717, 1.165) is 0 Å². The summed E-state index contributed by atoms with van der Waals surface area (Å²) in [5, 5.41) is 3.16. The first-order chi connectivity index (χ1) is 3.63. The van der Waals surface area contributed by atoms with E-state index in [9.17, 15) is 4.79 Å². The third kappa shape index (κ3) is 5.23. The van der Waals surface area contributed by atoms with Gasteiger partial charge in [-0.15, -0.1) is 0 Å². The third-order valence-corrected chi connectivity index (χ3v) is 0.330. The molecule has 0 aromatic rings. The van der Waals surface area contributed by atoms with Crippen LogP contribution in [0.2, 0.25) is 0 Å². The number of amides is 1. The highest BCUT2D eigenvalue weighted by atomic mass is 35.5. The summed E-state index contributed by atoms with van der Waals surface area (Å²) in [4.78, 5) is 13.6. The van der Waals surface area contributed by atoms with E-state index in [4.69, 9.17) is 11.6 Å². The summed E-state index contributed by atoms with van der Waals surface area (Å²) in [6, 6.07) is 0. The van der Waals surface area contributed by atoms with E-state index < -0.39 is 6.09 Å². The van der Waals surface area contributed by atoms with Gasteiger partial charge in [0.2, 0.25) is 0 Å². The molecule has 0 aliphatic rings. The number of nitrogens with zero attached hydrogens (tertiary/aromatic N) is 1. The Kier molecular flexibility index (Phi) is 2.95. The number of halogens is 1.